The van der Waals surface area contributed by atoms with Crippen LogP contribution < -0.4 is 15.5 Å². The number of aromatic nitrogens is 2. The lowest BCUT2D eigenvalue weighted by molar-refractivity contribution is -0.123. The van der Waals surface area contributed by atoms with Crippen LogP contribution in [0.5, 0.6) is 0 Å². The Bertz CT molecular complexity index is 632. The monoisotopic (exact) mass is 374 g/mol. The molecule has 0 radical (unpaired) electrons. The van der Waals surface area contributed by atoms with Crippen molar-refractivity contribution in [2.45, 2.75) is 57.2 Å². The molecule has 3 heterocycles. The first kappa shape index (κ1) is 19.5. The van der Waals surface area contributed by atoms with E-state index in [1.54, 1.807) is 18.6 Å². The highest BCUT2D eigenvalue weighted by Gasteiger charge is 2.32. The zero-order valence-electron chi connectivity index (χ0n) is 16.2. The Kier molecular flexibility index (Phi) is 6.60. The van der Waals surface area contributed by atoms with Crippen LogP contribution in [0.1, 0.15) is 39.0 Å². The average Bonchev–Trinajstić information content (AvgIpc) is 3.01. The van der Waals surface area contributed by atoms with Crippen LogP contribution in [0.4, 0.5) is 5.82 Å². The standard InChI is InChI=1S/C19H30N6O2/c1-14(26)22-12-17-4-3-16(24(17)2)11-19(27)23-15-5-9-25(10-6-15)18-13-20-7-8-21-18/h7-8,13,15-17H,3-6,9-12H2,1-2H3,(H,22,26)(H,23,27)/t16-,17+/m0/s1. The first-order valence-corrected chi connectivity index (χ1v) is 9.79. The van der Waals surface area contributed by atoms with Crippen LogP contribution in [0.15, 0.2) is 18.6 Å². The smallest absolute Gasteiger partial charge is 0.221 e. The van der Waals surface area contributed by atoms with E-state index in [0.717, 1.165) is 44.6 Å². The van der Waals surface area contributed by atoms with E-state index in [2.05, 4.69) is 37.4 Å². The average molecular weight is 374 g/mol. The molecule has 1 aromatic heterocycles. The highest BCUT2D eigenvalue weighted by Crippen LogP contribution is 2.24. The van der Waals surface area contributed by atoms with Crippen LogP contribution in [0, 0.1) is 0 Å². The molecule has 1 aromatic rings. The number of likely N-dealkylation sites (N-methyl/N-ethyl adjacent to an activating group) is 1. The Hall–Kier alpha value is -2.22. The number of anilines is 1. The van der Waals surface area contributed by atoms with E-state index in [1.165, 1.54) is 6.92 Å². The van der Waals surface area contributed by atoms with E-state index in [4.69, 9.17) is 0 Å². The number of likely N-dealkylation sites (tertiary alicyclic amines) is 1. The second kappa shape index (κ2) is 9.12. The third-order valence-electron chi connectivity index (χ3n) is 5.73. The van der Waals surface area contributed by atoms with Gasteiger partial charge >= 0.3 is 0 Å². The highest BCUT2D eigenvalue weighted by atomic mass is 16.2. The van der Waals surface area contributed by atoms with E-state index in [9.17, 15) is 9.59 Å². The van der Waals surface area contributed by atoms with E-state index in [0.29, 0.717) is 19.0 Å². The Balaban J connectivity index is 1.39. The van der Waals surface area contributed by atoms with E-state index in [-0.39, 0.29) is 23.9 Å². The van der Waals surface area contributed by atoms with Gasteiger partial charge in [0.15, 0.2) is 0 Å². The molecule has 2 aliphatic heterocycles. The van der Waals surface area contributed by atoms with Gasteiger partial charge in [-0.1, -0.05) is 0 Å². The van der Waals surface area contributed by atoms with Crippen LogP contribution in [-0.4, -0.2) is 71.5 Å². The molecule has 2 atom stereocenters. The molecule has 0 unspecified atom stereocenters. The maximum Gasteiger partial charge on any atom is 0.221 e. The number of hydrogen-bond donors (Lipinski definition) is 2. The molecule has 0 saturated carbocycles. The van der Waals surface area contributed by atoms with Crippen molar-refractivity contribution in [3.8, 4) is 0 Å². The number of carbonyl (C=O) groups is 2. The van der Waals surface area contributed by atoms with Crippen molar-refractivity contribution in [1.82, 2.24) is 25.5 Å². The van der Waals surface area contributed by atoms with Gasteiger partial charge in [0.2, 0.25) is 11.8 Å². The fraction of sp³-hybridized carbons (Fsp3) is 0.684. The van der Waals surface area contributed by atoms with E-state index < -0.39 is 0 Å². The maximum absolute atomic E-state index is 12.5. The Morgan fingerprint density at radius 1 is 1.15 bits per heavy atom. The summed E-state index contributed by atoms with van der Waals surface area (Å²) in [5.41, 5.74) is 0. The largest absolute Gasteiger partial charge is 0.355 e. The molecule has 0 aliphatic carbocycles. The van der Waals surface area contributed by atoms with Gasteiger partial charge in [-0.2, -0.15) is 0 Å². The van der Waals surface area contributed by atoms with Crippen molar-refractivity contribution in [2.75, 3.05) is 31.6 Å². The summed E-state index contributed by atoms with van der Waals surface area (Å²) < 4.78 is 0. The van der Waals surface area contributed by atoms with Crippen LogP contribution in [0.25, 0.3) is 0 Å². The number of amides is 2. The van der Waals surface area contributed by atoms with Crippen LogP contribution in [0.3, 0.4) is 0 Å². The molecule has 8 nitrogen and oxygen atoms in total. The van der Waals surface area contributed by atoms with Crippen molar-refractivity contribution in [3.05, 3.63) is 18.6 Å². The van der Waals surface area contributed by atoms with Crippen molar-refractivity contribution in [3.63, 3.8) is 0 Å². The lowest BCUT2D eigenvalue weighted by atomic mass is 10.0. The fourth-order valence-corrected chi connectivity index (χ4v) is 4.05. The third kappa shape index (κ3) is 5.38. The number of carbonyl (C=O) groups excluding carboxylic acids is 2. The molecule has 8 heteroatoms. The number of rotatable bonds is 6. The van der Waals surface area contributed by atoms with E-state index in [1.807, 2.05) is 0 Å². The van der Waals surface area contributed by atoms with Gasteiger partial charge in [0, 0.05) is 63.5 Å². The van der Waals surface area contributed by atoms with Gasteiger partial charge in [0.05, 0.1) is 6.20 Å². The molecule has 2 amide bonds. The van der Waals surface area contributed by atoms with Crippen molar-refractivity contribution < 1.29 is 9.59 Å². The molecule has 148 valence electrons. The molecule has 27 heavy (non-hydrogen) atoms. The molecule has 2 fully saturated rings. The Labute approximate surface area is 160 Å². The zero-order chi connectivity index (χ0) is 19.2. The predicted molar refractivity (Wildman–Crippen MR) is 103 cm³/mol. The zero-order valence-corrected chi connectivity index (χ0v) is 16.2. The number of nitrogens with zero attached hydrogens (tertiary/aromatic N) is 4. The normalized spacial score (nSPS) is 24.0. The highest BCUT2D eigenvalue weighted by molar-refractivity contribution is 5.77. The number of hydrogen-bond acceptors (Lipinski definition) is 6. The molecular weight excluding hydrogens is 344 g/mol. The van der Waals surface area contributed by atoms with Crippen LogP contribution >= 0.6 is 0 Å². The minimum atomic E-state index is -0.00239. The van der Waals surface area contributed by atoms with Gasteiger partial charge in [-0.15, -0.1) is 0 Å². The maximum atomic E-state index is 12.5. The van der Waals surface area contributed by atoms with Gasteiger partial charge in [-0.3, -0.25) is 19.5 Å². The lowest BCUT2D eigenvalue weighted by Gasteiger charge is -2.33. The molecule has 0 spiro atoms. The van der Waals surface area contributed by atoms with Gasteiger partial charge in [0.25, 0.3) is 0 Å². The van der Waals surface area contributed by atoms with Gasteiger partial charge in [-0.25, -0.2) is 4.98 Å². The van der Waals surface area contributed by atoms with Gasteiger partial charge < -0.3 is 15.5 Å². The van der Waals surface area contributed by atoms with Gasteiger partial charge in [0.1, 0.15) is 5.82 Å². The van der Waals surface area contributed by atoms with Crippen molar-refractivity contribution >= 4 is 17.6 Å². The minimum Gasteiger partial charge on any atom is -0.355 e. The summed E-state index contributed by atoms with van der Waals surface area (Å²) in [5, 5.41) is 6.09. The molecule has 3 rings (SSSR count). The summed E-state index contributed by atoms with van der Waals surface area (Å²) in [6.45, 7) is 3.96. The molecule has 2 saturated heterocycles. The molecule has 0 aromatic carbocycles. The summed E-state index contributed by atoms with van der Waals surface area (Å²) in [4.78, 5) is 36.5. The second-order valence-electron chi connectivity index (χ2n) is 7.58. The molecule has 2 aliphatic rings. The molecular formula is C19H30N6O2. The number of piperidine rings is 1. The quantitative estimate of drug-likeness (QED) is 0.756. The Morgan fingerprint density at radius 2 is 1.89 bits per heavy atom. The van der Waals surface area contributed by atoms with Crippen molar-refractivity contribution in [2.24, 2.45) is 0 Å². The number of nitrogens with one attached hydrogen (secondary N) is 2. The SMILES string of the molecule is CC(=O)NC[C@H]1CC[C@@H](CC(=O)NC2CCN(c3cnccn3)CC2)N1C. The predicted octanol–water partition coefficient (Wildman–Crippen LogP) is 0.551. The summed E-state index contributed by atoms with van der Waals surface area (Å²) in [6.07, 6.45) is 9.56. The fourth-order valence-electron chi connectivity index (χ4n) is 4.05. The first-order valence-electron chi connectivity index (χ1n) is 9.79. The van der Waals surface area contributed by atoms with Crippen LogP contribution in [-0.2, 0) is 9.59 Å². The third-order valence-corrected chi connectivity index (χ3v) is 5.73. The lowest BCUT2D eigenvalue weighted by Crippen LogP contribution is -2.47. The van der Waals surface area contributed by atoms with Gasteiger partial charge in [-0.05, 0) is 32.7 Å². The molecule has 0 bridgehead atoms. The van der Waals surface area contributed by atoms with E-state index >= 15 is 0 Å². The van der Waals surface area contributed by atoms with Crippen molar-refractivity contribution in [1.29, 1.82) is 0 Å². The summed E-state index contributed by atoms with van der Waals surface area (Å²) >= 11 is 0. The van der Waals surface area contributed by atoms with Crippen LogP contribution in [0.2, 0.25) is 0 Å². The topological polar surface area (TPSA) is 90.5 Å². The summed E-state index contributed by atoms with van der Waals surface area (Å²) in [5.74, 6) is 1.03. The minimum absolute atomic E-state index is 0.00239. The molecule has 2 N–H and O–H groups in total. The summed E-state index contributed by atoms with van der Waals surface area (Å²) in [6, 6.07) is 0.803. The first-order chi connectivity index (χ1) is 13.0. The Morgan fingerprint density at radius 3 is 2.56 bits per heavy atom. The second-order valence-corrected chi connectivity index (χ2v) is 7.58. The summed E-state index contributed by atoms with van der Waals surface area (Å²) in [7, 11) is 2.05.